The molecule has 136 valence electrons. The molecule has 4 heterocycles. The molecule has 3 aromatic heterocycles. The Morgan fingerprint density at radius 1 is 1.23 bits per heavy atom. The monoisotopic (exact) mass is 374 g/mol. The van der Waals surface area contributed by atoms with Gasteiger partial charge in [-0.3, -0.25) is 4.79 Å². The third kappa shape index (κ3) is 2.69. The summed E-state index contributed by atoms with van der Waals surface area (Å²) in [6, 6.07) is 5.08. The molecule has 0 atom stereocenters. The predicted octanol–water partition coefficient (Wildman–Crippen LogP) is 1.61. The van der Waals surface area contributed by atoms with Crippen molar-refractivity contribution >= 4 is 27.0 Å². The van der Waals surface area contributed by atoms with E-state index in [2.05, 4.69) is 9.97 Å². The summed E-state index contributed by atoms with van der Waals surface area (Å²) in [5.74, 6) is 0.431. The van der Waals surface area contributed by atoms with Crippen molar-refractivity contribution in [3.63, 3.8) is 0 Å². The maximum atomic E-state index is 13.0. The lowest BCUT2D eigenvalue weighted by atomic mass is 10.2. The van der Waals surface area contributed by atoms with E-state index in [4.69, 9.17) is 4.42 Å². The molecule has 9 heteroatoms. The van der Waals surface area contributed by atoms with Gasteiger partial charge in [-0.15, -0.1) is 0 Å². The molecule has 8 nitrogen and oxygen atoms in total. The predicted molar refractivity (Wildman–Crippen MR) is 94.2 cm³/mol. The van der Waals surface area contributed by atoms with Crippen molar-refractivity contribution in [1.29, 1.82) is 0 Å². The Bertz CT molecular complexity index is 1060. The van der Waals surface area contributed by atoms with Gasteiger partial charge in [-0.2, -0.15) is 4.31 Å². The lowest BCUT2D eigenvalue weighted by Crippen LogP contribution is -2.50. The molecular weight excluding hydrogens is 356 g/mol. The third-order valence-electron chi connectivity index (χ3n) is 4.65. The molecule has 0 spiro atoms. The molecule has 1 aliphatic heterocycles. The number of H-pyrrole nitrogens is 1. The van der Waals surface area contributed by atoms with Crippen molar-refractivity contribution in [2.24, 2.45) is 0 Å². The lowest BCUT2D eigenvalue weighted by molar-refractivity contribution is 0.0696. The summed E-state index contributed by atoms with van der Waals surface area (Å²) in [6.07, 6.45) is 4.56. The highest BCUT2D eigenvalue weighted by Crippen LogP contribution is 2.25. The average Bonchev–Trinajstić information content (AvgIpc) is 3.27. The van der Waals surface area contributed by atoms with E-state index in [1.54, 1.807) is 36.2 Å². The van der Waals surface area contributed by atoms with Gasteiger partial charge in [0.05, 0.1) is 11.8 Å². The van der Waals surface area contributed by atoms with Crippen LogP contribution in [0.4, 0.5) is 0 Å². The lowest BCUT2D eigenvalue weighted by Gasteiger charge is -2.33. The first-order valence-electron chi connectivity index (χ1n) is 8.24. The molecule has 0 radical (unpaired) electrons. The minimum absolute atomic E-state index is 0.135. The number of carbonyl (C=O) groups is 1. The smallest absolute Gasteiger partial charge is 0.257 e. The van der Waals surface area contributed by atoms with Crippen LogP contribution in [0.1, 0.15) is 16.1 Å². The summed E-state index contributed by atoms with van der Waals surface area (Å²) < 4.78 is 32.6. The van der Waals surface area contributed by atoms with Gasteiger partial charge in [-0.1, -0.05) is 0 Å². The molecule has 0 saturated carbocycles. The average molecular weight is 374 g/mol. The molecule has 1 aliphatic rings. The second-order valence-corrected chi connectivity index (χ2v) is 8.05. The first-order chi connectivity index (χ1) is 12.5. The molecule has 0 aromatic carbocycles. The number of fused-ring (bicyclic) bond motifs is 1. The molecule has 26 heavy (non-hydrogen) atoms. The van der Waals surface area contributed by atoms with Crippen LogP contribution in [0, 0.1) is 6.92 Å². The van der Waals surface area contributed by atoms with E-state index in [0.29, 0.717) is 35.4 Å². The number of furan rings is 1. The van der Waals surface area contributed by atoms with Crippen LogP contribution in [-0.4, -0.2) is 59.7 Å². The number of pyridine rings is 1. The van der Waals surface area contributed by atoms with Crippen LogP contribution in [0.15, 0.2) is 46.2 Å². The molecule has 1 saturated heterocycles. The van der Waals surface area contributed by atoms with E-state index in [0.717, 1.165) is 0 Å². The first-order valence-corrected chi connectivity index (χ1v) is 9.68. The summed E-state index contributed by atoms with van der Waals surface area (Å²) >= 11 is 0. The van der Waals surface area contributed by atoms with Crippen molar-refractivity contribution < 1.29 is 17.6 Å². The number of amides is 1. The van der Waals surface area contributed by atoms with Crippen LogP contribution >= 0.6 is 0 Å². The minimum atomic E-state index is -3.65. The highest BCUT2D eigenvalue weighted by atomic mass is 32.2. The van der Waals surface area contributed by atoms with Crippen molar-refractivity contribution in [3.8, 4) is 0 Å². The van der Waals surface area contributed by atoms with Gasteiger partial charge in [0.25, 0.3) is 5.91 Å². The van der Waals surface area contributed by atoms with E-state index >= 15 is 0 Å². The Morgan fingerprint density at radius 3 is 2.69 bits per heavy atom. The van der Waals surface area contributed by atoms with Crippen LogP contribution in [0.3, 0.4) is 0 Å². The summed E-state index contributed by atoms with van der Waals surface area (Å²) in [6.45, 7) is 2.90. The molecule has 0 aliphatic carbocycles. The van der Waals surface area contributed by atoms with Crippen molar-refractivity contribution in [2.45, 2.75) is 11.8 Å². The number of hydrogen-bond donors (Lipinski definition) is 1. The van der Waals surface area contributed by atoms with Crippen LogP contribution < -0.4 is 0 Å². The zero-order valence-corrected chi connectivity index (χ0v) is 15.0. The SMILES string of the molecule is Cc1occc1C(=O)N1CCN(S(=O)(=O)c2c[nH]c3ncccc23)CC1. The van der Waals surface area contributed by atoms with E-state index in [-0.39, 0.29) is 23.9 Å². The Balaban J connectivity index is 1.52. The zero-order valence-electron chi connectivity index (χ0n) is 14.2. The molecule has 1 fully saturated rings. The molecule has 1 amide bonds. The summed E-state index contributed by atoms with van der Waals surface area (Å²) in [5.41, 5.74) is 1.05. The summed E-state index contributed by atoms with van der Waals surface area (Å²) in [5, 5.41) is 0.569. The van der Waals surface area contributed by atoms with E-state index < -0.39 is 10.0 Å². The van der Waals surface area contributed by atoms with Gasteiger partial charge >= 0.3 is 0 Å². The Kier molecular flexibility index (Phi) is 4.04. The molecule has 0 bridgehead atoms. The van der Waals surface area contributed by atoms with Gasteiger partial charge in [0, 0.05) is 44.0 Å². The number of rotatable bonds is 3. The quantitative estimate of drug-likeness (QED) is 0.751. The number of aryl methyl sites for hydroxylation is 1. The number of hydrogen-bond acceptors (Lipinski definition) is 5. The summed E-state index contributed by atoms with van der Waals surface area (Å²) in [4.78, 5) is 21.4. The highest BCUT2D eigenvalue weighted by Gasteiger charge is 2.32. The number of piperazine rings is 1. The van der Waals surface area contributed by atoms with Crippen LogP contribution in [0.25, 0.3) is 11.0 Å². The molecule has 0 unspecified atom stereocenters. The number of nitrogens with one attached hydrogen (secondary N) is 1. The Hall–Kier alpha value is -2.65. The van der Waals surface area contributed by atoms with Crippen LogP contribution in [-0.2, 0) is 10.0 Å². The van der Waals surface area contributed by atoms with Crippen LogP contribution in [0.5, 0.6) is 0 Å². The maximum absolute atomic E-state index is 13.0. The Labute approximate surface area is 150 Å². The highest BCUT2D eigenvalue weighted by molar-refractivity contribution is 7.89. The Morgan fingerprint density at radius 2 is 2.00 bits per heavy atom. The third-order valence-corrected chi connectivity index (χ3v) is 6.58. The van der Waals surface area contributed by atoms with Gasteiger partial charge in [0.2, 0.25) is 10.0 Å². The number of sulfonamides is 1. The fraction of sp³-hybridized carbons (Fsp3) is 0.294. The number of nitrogens with zero attached hydrogens (tertiary/aromatic N) is 3. The van der Waals surface area contributed by atoms with Gasteiger partial charge in [0.15, 0.2) is 0 Å². The van der Waals surface area contributed by atoms with E-state index in [9.17, 15) is 13.2 Å². The summed E-state index contributed by atoms with van der Waals surface area (Å²) in [7, 11) is -3.65. The van der Waals surface area contributed by atoms with Gasteiger partial charge in [-0.05, 0) is 25.1 Å². The zero-order chi connectivity index (χ0) is 18.3. The van der Waals surface area contributed by atoms with Gasteiger partial charge in [0.1, 0.15) is 16.3 Å². The second-order valence-electron chi connectivity index (χ2n) is 6.14. The number of aromatic nitrogens is 2. The second kappa shape index (κ2) is 6.26. The van der Waals surface area contributed by atoms with Crippen molar-refractivity contribution in [2.75, 3.05) is 26.2 Å². The van der Waals surface area contributed by atoms with Crippen molar-refractivity contribution in [1.82, 2.24) is 19.2 Å². The maximum Gasteiger partial charge on any atom is 0.257 e. The fourth-order valence-corrected chi connectivity index (χ4v) is 4.76. The topological polar surface area (TPSA) is 99.5 Å². The molecule has 3 aromatic rings. The number of aromatic amines is 1. The van der Waals surface area contributed by atoms with E-state index in [1.807, 2.05) is 0 Å². The molecule has 1 N–H and O–H groups in total. The van der Waals surface area contributed by atoms with Gasteiger partial charge < -0.3 is 14.3 Å². The van der Waals surface area contributed by atoms with Gasteiger partial charge in [-0.25, -0.2) is 13.4 Å². The number of carbonyl (C=O) groups excluding carboxylic acids is 1. The largest absolute Gasteiger partial charge is 0.469 e. The van der Waals surface area contributed by atoms with Crippen LogP contribution in [0.2, 0.25) is 0 Å². The minimum Gasteiger partial charge on any atom is -0.469 e. The standard InChI is InChI=1S/C17H18N4O4S/c1-12-13(4-10-25-12)17(22)20-6-8-21(9-7-20)26(23,24)15-11-19-16-14(15)3-2-5-18-16/h2-5,10-11H,6-9H2,1H3,(H,18,19). The fourth-order valence-electron chi connectivity index (χ4n) is 3.19. The van der Waals surface area contributed by atoms with E-state index in [1.165, 1.54) is 16.8 Å². The molecule has 4 rings (SSSR count). The van der Waals surface area contributed by atoms with Crippen molar-refractivity contribution in [3.05, 3.63) is 48.2 Å². The molecular formula is C17H18N4O4S. The normalized spacial score (nSPS) is 16.3. The first kappa shape index (κ1) is 16.8.